The number of hydrogen-bond acceptors (Lipinski definition) is 2. The standard InChI is InChI=1S/C16H13ClO2/c17-9-3-6-13-4-2-8-16(11-13)19-12-14-5-1-7-15(18)10-14/h1-2,4-5,7-8,10-11,18H,9,12H2. The summed E-state index contributed by atoms with van der Waals surface area (Å²) in [7, 11) is 0. The fourth-order valence-electron chi connectivity index (χ4n) is 1.61. The van der Waals surface area contributed by atoms with Crippen LogP contribution in [0, 0.1) is 11.8 Å². The average Bonchev–Trinajstić information content (AvgIpc) is 2.43. The second-order valence-corrected chi connectivity index (χ2v) is 4.19. The van der Waals surface area contributed by atoms with Crippen molar-refractivity contribution < 1.29 is 9.84 Å². The SMILES string of the molecule is Oc1cccc(COc2cccc(C#CCCl)c2)c1. The number of hydrogen-bond donors (Lipinski definition) is 1. The lowest BCUT2D eigenvalue weighted by Gasteiger charge is -2.06. The molecule has 0 atom stereocenters. The van der Waals surface area contributed by atoms with E-state index in [-0.39, 0.29) is 5.75 Å². The first-order chi connectivity index (χ1) is 9.28. The lowest BCUT2D eigenvalue weighted by molar-refractivity contribution is 0.305. The van der Waals surface area contributed by atoms with Gasteiger partial charge in [-0.15, -0.1) is 11.6 Å². The van der Waals surface area contributed by atoms with E-state index in [0.29, 0.717) is 12.5 Å². The van der Waals surface area contributed by atoms with Gasteiger partial charge in [0.2, 0.25) is 0 Å². The van der Waals surface area contributed by atoms with E-state index in [0.717, 1.165) is 16.9 Å². The third kappa shape index (κ3) is 4.24. The number of halogens is 1. The van der Waals surface area contributed by atoms with Gasteiger partial charge in [-0.05, 0) is 35.9 Å². The minimum atomic E-state index is 0.239. The highest BCUT2D eigenvalue weighted by molar-refractivity contribution is 6.19. The number of aromatic hydroxyl groups is 1. The molecule has 0 amide bonds. The monoisotopic (exact) mass is 272 g/mol. The molecular formula is C16H13ClO2. The van der Waals surface area contributed by atoms with Crippen LogP contribution in [0.4, 0.5) is 0 Å². The molecule has 0 heterocycles. The zero-order chi connectivity index (χ0) is 13.5. The van der Waals surface area contributed by atoms with Gasteiger partial charge in [0.25, 0.3) is 0 Å². The summed E-state index contributed by atoms with van der Waals surface area (Å²) >= 11 is 5.52. The van der Waals surface area contributed by atoms with Crippen molar-refractivity contribution in [1.82, 2.24) is 0 Å². The van der Waals surface area contributed by atoms with E-state index >= 15 is 0 Å². The van der Waals surface area contributed by atoms with Crippen LogP contribution in [-0.4, -0.2) is 11.0 Å². The minimum absolute atomic E-state index is 0.239. The van der Waals surface area contributed by atoms with Crippen molar-refractivity contribution in [1.29, 1.82) is 0 Å². The molecule has 2 nitrogen and oxygen atoms in total. The molecule has 2 aromatic rings. The Balaban J connectivity index is 2.03. The zero-order valence-corrected chi connectivity index (χ0v) is 11.0. The Kier molecular flexibility index (Phi) is 4.72. The summed E-state index contributed by atoms with van der Waals surface area (Å²) in [4.78, 5) is 0. The van der Waals surface area contributed by atoms with Gasteiger partial charge in [-0.1, -0.05) is 30.0 Å². The zero-order valence-electron chi connectivity index (χ0n) is 10.3. The Hall–Kier alpha value is -2.11. The maximum absolute atomic E-state index is 9.37. The second-order valence-electron chi connectivity index (χ2n) is 3.92. The second kappa shape index (κ2) is 6.72. The van der Waals surface area contributed by atoms with Gasteiger partial charge in [-0.3, -0.25) is 0 Å². The largest absolute Gasteiger partial charge is 0.508 e. The van der Waals surface area contributed by atoms with Crippen LogP contribution in [-0.2, 0) is 6.61 Å². The van der Waals surface area contributed by atoms with E-state index in [1.54, 1.807) is 18.2 Å². The van der Waals surface area contributed by atoms with E-state index in [4.69, 9.17) is 16.3 Å². The van der Waals surface area contributed by atoms with Crippen LogP contribution in [0.5, 0.6) is 11.5 Å². The first-order valence-electron chi connectivity index (χ1n) is 5.83. The molecule has 3 heteroatoms. The Morgan fingerprint density at radius 3 is 2.74 bits per heavy atom. The van der Waals surface area contributed by atoms with Gasteiger partial charge < -0.3 is 9.84 Å². The highest BCUT2D eigenvalue weighted by Crippen LogP contribution is 2.16. The number of phenolic OH excluding ortho intramolecular Hbond substituents is 1. The molecular weight excluding hydrogens is 260 g/mol. The fraction of sp³-hybridized carbons (Fsp3) is 0.125. The molecule has 96 valence electrons. The van der Waals surface area contributed by atoms with E-state index in [1.807, 2.05) is 30.3 Å². The van der Waals surface area contributed by atoms with Gasteiger partial charge in [0, 0.05) is 5.56 Å². The number of ether oxygens (including phenoxy) is 1. The predicted octanol–water partition coefficient (Wildman–Crippen LogP) is 3.56. The van der Waals surface area contributed by atoms with Crippen molar-refractivity contribution >= 4 is 11.6 Å². The van der Waals surface area contributed by atoms with Crippen molar-refractivity contribution in [2.45, 2.75) is 6.61 Å². The molecule has 0 spiro atoms. The molecule has 0 fully saturated rings. The molecule has 0 unspecified atom stereocenters. The van der Waals surface area contributed by atoms with Crippen molar-refractivity contribution in [2.75, 3.05) is 5.88 Å². The van der Waals surface area contributed by atoms with Crippen LogP contribution < -0.4 is 4.74 Å². The molecule has 0 saturated heterocycles. The molecule has 0 saturated carbocycles. The molecule has 0 radical (unpaired) electrons. The Labute approximate surface area is 117 Å². The van der Waals surface area contributed by atoms with Gasteiger partial charge in [0.05, 0.1) is 5.88 Å². The van der Waals surface area contributed by atoms with Gasteiger partial charge in [-0.25, -0.2) is 0 Å². The number of benzene rings is 2. The molecule has 19 heavy (non-hydrogen) atoms. The highest BCUT2D eigenvalue weighted by atomic mass is 35.5. The Morgan fingerprint density at radius 2 is 1.95 bits per heavy atom. The van der Waals surface area contributed by atoms with E-state index in [2.05, 4.69) is 11.8 Å². The normalized spacial score (nSPS) is 9.53. The molecule has 2 rings (SSSR count). The third-order valence-corrected chi connectivity index (χ3v) is 2.58. The Bertz CT molecular complexity index is 611. The minimum Gasteiger partial charge on any atom is -0.508 e. The van der Waals surface area contributed by atoms with E-state index < -0.39 is 0 Å². The predicted molar refractivity (Wildman–Crippen MR) is 76.5 cm³/mol. The molecule has 0 aliphatic carbocycles. The fourth-order valence-corrected chi connectivity index (χ4v) is 1.68. The Morgan fingerprint density at radius 1 is 1.11 bits per heavy atom. The summed E-state index contributed by atoms with van der Waals surface area (Å²) in [5.41, 5.74) is 1.78. The topological polar surface area (TPSA) is 29.5 Å². The quantitative estimate of drug-likeness (QED) is 0.684. The van der Waals surface area contributed by atoms with Gasteiger partial charge in [0.15, 0.2) is 0 Å². The van der Waals surface area contributed by atoms with Crippen molar-refractivity contribution in [3.63, 3.8) is 0 Å². The molecule has 2 aromatic carbocycles. The van der Waals surface area contributed by atoms with Gasteiger partial charge >= 0.3 is 0 Å². The lowest BCUT2D eigenvalue weighted by atomic mass is 10.2. The van der Waals surface area contributed by atoms with Gasteiger partial charge in [-0.2, -0.15) is 0 Å². The summed E-state index contributed by atoms with van der Waals surface area (Å²) in [6, 6.07) is 14.5. The van der Waals surface area contributed by atoms with Crippen LogP contribution in [0.1, 0.15) is 11.1 Å². The summed E-state index contributed by atoms with van der Waals surface area (Å²) in [5.74, 6) is 7.03. The first kappa shape index (κ1) is 13.3. The maximum atomic E-state index is 9.37. The van der Waals surface area contributed by atoms with Crippen molar-refractivity contribution in [2.24, 2.45) is 0 Å². The molecule has 0 aliphatic heterocycles. The van der Waals surface area contributed by atoms with Crippen LogP contribution >= 0.6 is 11.6 Å². The van der Waals surface area contributed by atoms with Crippen LogP contribution in [0.25, 0.3) is 0 Å². The molecule has 0 aliphatic rings. The van der Waals surface area contributed by atoms with Gasteiger partial charge in [0.1, 0.15) is 18.1 Å². The highest BCUT2D eigenvalue weighted by Gasteiger charge is 1.98. The first-order valence-corrected chi connectivity index (χ1v) is 6.37. The number of rotatable bonds is 3. The summed E-state index contributed by atoms with van der Waals surface area (Å²) in [6.07, 6.45) is 0. The van der Waals surface area contributed by atoms with Crippen LogP contribution in [0.3, 0.4) is 0 Å². The van der Waals surface area contributed by atoms with Crippen LogP contribution in [0.2, 0.25) is 0 Å². The number of alkyl halides is 1. The van der Waals surface area contributed by atoms with Crippen LogP contribution in [0.15, 0.2) is 48.5 Å². The molecule has 0 bridgehead atoms. The maximum Gasteiger partial charge on any atom is 0.121 e. The summed E-state index contributed by atoms with van der Waals surface area (Å²) in [6.45, 7) is 0.404. The summed E-state index contributed by atoms with van der Waals surface area (Å²) in [5, 5.41) is 9.37. The molecule has 0 aromatic heterocycles. The van der Waals surface area contributed by atoms with E-state index in [1.165, 1.54) is 0 Å². The third-order valence-electron chi connectivity index (χ3n) is 2.45. The average molecular weight is 273 g/mol. The smallest absolute Gasteiger partial charge is 0.121 e. The lowest BCUT2D eigenvalue weighted by Crippen LogP contribution is -1.95. The van der Waals surface area contributed by atoms with Crippen molar-refractivity contribution in [3.8, 4) is 23.3 Å². The number of phenols is 1. The van der Waals surface area contributed by atoms with Crippen molar-refractivity contribution in [3.05, 3.63) is 59.7 Å². The summed E-state index contributed by atoms with van der Waals surface area (Å²) < 4.78 is 5.66. The molecule has 1 N–H and O–H groups in total. The van der Waals surface area contributed by atoms with E-state index in [9.17, 15) is 5.11 Å².